The SMILES string of the molecule is COCn1ccnc1-c1nc2ccncc2nc1N1CCN(Cc2cc(Cl)ccc2F)CC1. The molecule has 3 aromatic heterocycles. The van der Waals surface area contributed by atoms with E-state index in [9.17, 15) is 4.39 Å². The number of anilines is 1. The van der Waals surface area contributed by atoms with Crippen molar-refractivity contribution in [3.8, 4) is 11.5 Å². The van der Waals surface area contributed by atoms with Gasteiger partial charge in [-0.15, -0.1) is 0 Å². The zero-order valence-electron chi connectivity index (χ0n) is 18.2. The molecule has 0 atom stereocenters. The van der Waals surface area contributed by atoms with Crippen molar-refractivity contribution in [3.05, 3.63) is 65.5 Å². The van der Waals surface area contributed by atoms with Gasteiger partial charge < -0.3 is 14.2 Å². The van der Waals surface area contributed by atoms with Crippen LogP contribution >= 0.6 is 11.6 Å². The zero-order valence-corrected chi connectivity index (χ0v) is 18.9. The third-order valence-corrected chi connectivity index (χ3v) is 5.95. The van der Waals surface area contributed by atoms with Gasteiger partial charge in [-0.25, -0.2) is 19.3 Å². The van der Waals surface area contributed by atoms with E-state index in [4.69, 9.17) is 26.3 Å². The molecule has 1 saturated heterocycles. The summed E-state index contributed by atoms with van der Waals surface area (Å²) in [6.45, 7) is 3.83. The molecule has 8 nitrogen and oxygen atoms in total. The molecule has 0 unspecified atom stereocenters. The highest BCUT2D eigenvalue weighted by molar-refractivity contribution is 6.30. The molecule has 1 fully saturated rings. The monoisotopic (exact) mass is 467 g/mol. The summed E-state index contributed by atoms with van der Waals surface area (Å²) in [5.41, 5.74) is 2.79. The number of hydrogen-bond acceptors (Lipinski definition) is 7. The quantitative estimate of drug-likeness (QED) is 0.429. The minimum atomic E-state index is -0.234. The molecule has 0 saturated carbocycles. The van der Waals surface area contributed by atoms with Gasteiger partial charge in [0.1, 0.15) is 23.8 Å². The van der Waals surface area contributed by atoms with Gasteiger partial charge in [0.2, 0.25) is 0 Å². The van der Waals surface area contributed by atoms with Crippen LogP contribution < -0.4 is 4.90 Å². The highest BCUT2D eigenvalue weighted by atomic mass is 35.5. The Hall–Kier alpha value is -3.14. The third kappa shape index (κ3) is 4.52. The molecule has 170 valence electrons. The van der Waals surface area contributed by atoms with Gasteiger partial charge >= 0.3 is 0 Å². The van der Waals surface area contributed by atoms with Crippen molar-refractivity contribution in [3.63, 3.8) is 0 Å². The van der Waals surface area contributed by atoms with E-state index in [1.807, 2.05) is 16.8 Å². The van der Waals surface area contributed by atoms with E-state index in [0.717, 1.165) is 43.0 Å². The van der Waals surface area contributed by atoms with Gasteiger partial charge in [-0.2, -0.15) is 0 Å². The van der Waals surface area contributed by atoms with Crippen molar-refractivity contribution in [2.24, 2.45) is 0 Å². The Morgan fingerprint density at radius 3 is 2.73 bits per heavy atom. The molecular weight excluding hydrogens is 445 g/mol. The van der Waals surface area contributed by atoms with E-state index in [1.54, 1.807) is 37.8 Å². The van der Waals surface area contributed by atoms with Crippen LogP contribution in [0.25, 0.3) is 22.6 Å². The largest absolute Gasteiger partial charge is 0.364 e. The minimum absolute atomic E-state index is 0.234. The van der Waals surface area contributed by atoms with E-state index in [-0.39, 0.29) is 5.82 Å². The van der Waals surface area contributed by atoms with Crippen molar-refractivity contribution in [1.29, 1.82) is 0 Å². The van der Waals surface area contributed by atoms with Crippen molar-refractivity contribution >= 4 is 28.5 Å². The van der Waals surface area contributed by atoms with Crippen LogP contribution in [0.1, 0.15) is 5.56 Å². The topological polar surface area (TPSA) is 72.2 Å². The molecular formula is C23H23ClFN7O. The molecule has 4 heterocycles. The van der Waals surface area contributed by atoms with Crippen LogP contribution in [0, 0.1) is 5.82 Å². The van der Waals surface area contributed by atoms with E-state index in [1.165, 1.54) is 6.07 Å². The Labute approximate surface area is 195 Å². The Bertz CT molecular complexity index is 1270. The highest BCUT2D eigenvalue weighted by Gasteiger charge is 2.25. The molecule has 0 amide bonds. The number of benzene rings is 1. The van der Waals surface area contributed by atoms with Gasteiger partial charge in [-0.3, -0.25) is 9.88 Å². The fourth-order valence-electron chi connectivity index (χ4n) is 4.06. The van der Waals surface area contributed by atoms with E-state index < -0.39 is 0 Å². The van der Waals surface area contributed by atoms with Gasteiger partial charge in [0.05, 0.1) is 11.7 Å². The Balaban J connectivity index is 1.42. The summed E-state index contributed by atoms with van der Waals surface area (Å²) in [4.78, 5) is 22.9. The normalized spacial score (nSPS) is 14.8. The second kappa shape index (κ2) is 9.38. The van der Waals surface area contributed by atoms with Crippen LogP contribution in [0.4, 0.5) is 10.2 Å². The second-order valence-corrected chi connectivity index (χ2v) is 8.33. The maximum absolute atomic E-state index is 14.2. The lowest BCUT2D eigenvalue weighted by molar-refractivity contribution is 0.132. The van der Waals surface area contributed by atoms with Crippen LogP contribution in [0.5, 0.6) is 0 Å². The Morgan fingerprint density at radius 1 is 1.06 bits per heavy atom. The van der Waals surface area contributed by atoms with Gasteiger partial charge in [-0.1, -0.05) is 11.6 Å². The zero-order chi connectivity index (χ0) is 22.8. The van der Waals surface area contributed by atoms with Gasteiger partial charge in [0.15, 0.2) is 11.6 Å². The number of pyridine rings is 1. The maximum Gasteiger partial charge on any atom is 0.164 e. The average molecular weight is 468 g/mol. The molecule has 10 heteroatoms. The summed E-state index contributed by atoms with van der Waals surface area (Å²) >= 11 is 6.06. The first-order chi connectivity index (χ1) is 16.1. The first-order valence-electron chi connectivity index (χ1n) is 10.7. The average Bonchev–Trinajstić information content (AvgIpc) is 3.29. The lowest BCUT2D eigenvalue weighted by atomic mass is 10.2. The molecule has 0 spiro atoms. The number of fused-ring (bicyclic) bond motifs is 1. The van der Waals surface area contributed by atoms with Gasteiger partial charge in [-0.05, 0) is 24.3 Å². The summed E-state index contributed by atoms with van der Waals surface area (Å²) in [6, 6.07) is 6.52. The number of piperazine rings is 1. The molecule has 0 bridgehead atoms. The maximum atomic E-state index is 14.2. The lowest BCUT2D eigenvalue weighted by Gasteiger charge is -2.36. The van der Waals surface area contributed by atoms with Crippen molar-refractivity contribution in [2.75, 3.05) is 38.2 Å². The molecule has 0 radical (unpaired) electrons. The van der Waals surface area contributed by atoms with E-state index in [2.05, 4.69) is 19.8 Å². The number of hydrogen-bond donors (Lipinski definition) is 0. The van der Waals surface area contributed by atoms with Crippen LogP contribution in [0.3, 0.4) is 0 Å². The molecule has 0 N–H and O–H groups in total. The second-order valence-electron chi connectivity index (χ2n) is 7.90. The third-order valence-electron chi connectivity index (χ3n) is 5.72. The van der Waals surface area contributed by atoms with Crippen LogP contribution in [-0.2, 0) is 18.0 Å². The fourth-order valence-corrected chi connectivity index (χ4v) is 4.25. The number of nitrogens with zero attached hydrogens (tertiary/aromatic N) is 7. The summed E-state index contributed by atoms with van der Waals surface area (Å²) in [6.07, 6.45) is 7.01. The predicted molar refractivity (Wildman–Crippen MR) is 124 cm³/mol. The first kappa shape index (κ1) is 21.7. The molecule has 1 aliphatic rings. The number of halogens is 2. The molecule has 0 aliphatic carbocycles. The summed E-state index contributed by atoms with van der Waals surface area (Å²) < 4.78 is 21.4. The molecule has 5 rings (SSSR count). The highest BCUT2D eigenvalue weighted by Crippen LogP contribution is 2.30. The van der Waals surface area contributed by atoms with E-state index >= 15 is 0 Å². The Kier molecular flexibility index (Phi) is 6.17. The number of rotatable bonds is 6. The van der Waals surface area contributed by atoms with E-state index in [0.29, 0.717) is 35.4 Å². The fraction of sp³-hybridized carbons (Fsp3) is 0.304. The van der Waals surface area contributed by atoms with Crippen LogP contribution in [0.15, 0.2) is 49.1 Å². The molecule has 4 aromatic rings. The predicted octanol–water partition coefficient (Wildman–Crippen LogP) is 3.61. The number of ether oxygens (including phenoxy) is 1. The smallest absolute Gasteiger partial charge is 0.164 e. The van der Waals surface area contributed by atoms with Crippen molar-refractivity contribution < 1.29 is 9.13 Å². The van der Waals surface area contributed by atoms with Crippen molar-refractivity contribution in [2.45, 2.75) is 13.3 Å². The standard InChI is InChI=1S/C23H23ClFN7O/c1-33-15-32-7-6-27-22(32)21-23(29-20-13-26-5-4-19(20)28-21)31-10-8-30(9-11-31)14-16-12-17(24)2-3-18(16)25/h2-7,12-13H,8-11,14-15H2,1H3. The number of methoxy groups -OCH3 is 1. The molecule has 33 heavy (non-hydrogen) atoms. The lowest BCUT2D eigenvalue weighted by Crippen LogP contribution is -2.46. The Morgan fingerprint density at radius 2 is 1.91 bits per heavy atom. The van der Waals surface area contributed by atoms with Crippen molar-refractivity contribution in [1.82, 2.24) is 29.4 Å². The summed E-state index contributed by atoms with van der Waals surface area (Å²) in [7, 11) is 1.64. The molecule has 1 aromatic carbocycles. The summed E-state index contributed by atoms with van der Waals surface area (Å²) in [5.74, 6) is 1.22. The summed E-state index contributed by atoms with van der Waals surface area (Å²) in [5, 5.41) is 0.543. The van der Waals surface area contributed by atoms with Gasteiger partial charge in [0.25, 0.3) is 0 Å². The minimum Gasteiger partial charge on any atom is -0.364 e. The number of imidazole rings is 1. The number of aromatic nitrogens is 5. The van der Waals surface area contributed by atoms with Gasteiger partial charge in [0, 0.05) is 69.0 Å². The van der Waals surface area contributed by atoms with Crippen LogP contribution in [-0.4, -0.2) is 62.7 Å². The molecule has 1 aliphatic heterocycles. The first-order valence-corrected chi connectivity index (χ1v) is 11.0. The van der Waals surface area contributed by atoms with Crippen LogP contribution in [0.2, 0.25) is 5.02 Å².